The van der Waals surface area contributed by atoms with Crippen LogP contribution in [-0.2, 0) is 6.42 Å². The zero-order chi connectivity index (χ0) is 21.0. The molecule has 2 N–H and O–H groups in total. The molecule has 3 rings (SSSR count). The van der Waals surface area contributed by atoms with Crippen LogP contribution in [0.5, 0.6) is 0 Å². The van der Waals surface area contributed by atoms with Crippen molar-refractivity contribution in [3.63, 3.8) is 0 Å². The van der Waals surface area contributed by atoms with Crippen molar-refractivity contribution in [3.05, 3.63) is 81.6 Å². The van der Waals surface area contributed by atoms with Gasteiger partial charge in [-0.2, -0.15) is 5.10 Å². The first kappa shape index (κ1) is 20.7. The number of para-hydroxylation sites is 1. The molecular weight excluding hydrogens is 384 g/mol. The van der Waals surface area contributed by atoms with Gasteiger partial charge in [0.05, 0.1) is 11.9 Å². The van der Waals surface area contributed by atoms with Crippen LogP contribution in [0.4, 0.5) is 10.5 Å². The number of carbonyl (C=O) groups excluding carboxylic acids is 1. The van der Waals surface area contributed by atoms with E-state index in [4.69, 9.17) is 11.6 Å². The number of nitrogens with one attached hydrogen (secondary N) is 2. The number of halogens is 1. The van der Waals surface area contributed by atoms with Crippen molar-refractivity contribution in [2.75, 3.05) is 5.32 Å². The van der Waals surface area contributed by atoms with Crippen LogP contribution in [-0.4, -0.2) is 16.8 Å². The van der Waals surface area contributed by atoms with Crippen LogP contribution in [0.3, 0.4) is 0 Å². The second kappa shape index (κ2) is 8.97. The minimum atomic E-state index is -0.412. The number of hydrogen-bond acceptors (Lipinski definition) is 2. The zero-order valence-corrected chi connectivity index (χ0v) is 17.8. The Hall–Kier alpha value is -3.05. The quantitative estimate of drug-likeness (QED) is 0.408. The van der Waals surface area contributed by atoms with E-state index in [1.165, 1.54) is 16.8 Å². The van der Waals surface area contributed by atoms with Gasteiger partial charge in [0.1, 0.15) is 0 Å². The number of hydrogen-bond donors (Lipinski definition) is 2. The molecule has 0 atom stereocenters. The highest BCUT2D eigenvalue weighted by atomic mass is 35.5. The van der Waals surface area contributed by atoms with Crippen molar-refractivity contribution in [2.45, 2.75) is 34.1 Å². The maximum atomic E-state index is 12.0. The molecule has 2 amide bonds. The molecule has 0 radical (unpaired) electrons. The van der Waals surface area contributed by atoms with Crippen molar-refractivity contribution in [1.29, 1.82) is 0 Å². The first-order valence-corrected chi connectivity index (χ1v) is 9.92. The maximum absolute atomic E-state index is 12.0. The lowest BCUT2D eigenvalue weighted by atomic mass is 10.1. The average Bonchev–Trinajstić information content (AvgIpc) is 2.97. The molecule has 6 heteroatoms. The topological polar surface area (TPSA) is 58.4 Å². The van der Waals surface area contributed by atoms with E-state index >= 15 is 0 Å². The van der Waals surface area contributed by atoms with Gasteiger partial charge in [0.2, 0.25) is 0 Å². The molecule has 0 saturated heterocycles. The standard InChI is InChI=1S/C23H25ClN4O/c1-5-18-8-6-7-15(2)22(18)28-16(3)13-19(17(28)4)14-25-27-23(29)26-21-11-9-20(24)10-12-21/h6-14H,5H2,1-4H3,(H2,26,27,29)/b25-14+. The Bertz CT molecular complexity index is 1050. The van der Waals surface area contributed by atoms with Crippen LogP contribution in [0, 0.1) is 20.8 Å². The summed E-state index contributed by atoms with van der Waals surface area (Å²) < 4.78 is 2.25. The summed E-state index contributed by atoms with van der Waals surface area (Å²) in [5.41, 5.74) is 10.1. The van der Waals surface area contributed by atoms with Crippen LogP contribution >= 0.6 is 11.6 Å². The maximum Gasteiger partial charge on any atom is 0.339 e. The second-order valence-corrected chi connectivity index (χ2v) is 7.37. The van der Waals surface area contributed by atoms with Gasteiger partial charge >= 0.3 is 6.03 Å². The Labute approximate surface area is 176 Å². The summed E-state index contributed by atoms with van der Waals surface area (Å²) in [6.45, 7) is 8.44. The molecule has 5 nitrogen and oxygen atoms in total. The molecule has 3 aromatic rings. The van der Waals surface area contributed by atoms with Crippen LogP contribution in [0.2, 0.25) is 5.02 Å². The smallest absolute Gasteiger partial charge is 0.317 e. The Balaban J connectivity index is 1.77. The van der Waals surface area contributed by atoms with Gasteiger partial charge in [-0.15, -0.1) is 0 Å². The Morgan fingerprint density at radius 3 is 2.55 bits per heavy atom. The van der Waals surface area contributed by atoms with Gasteiger partial charge in [0, 0.05) is 27.7 Å². The molecule has 0 aliphatic carbocycles. The molecule has 150 valence electrons. The lowest BCUT2D eigenvalue weighted by Crippen LogP contribution is -2.24. The van der Waals surface area contributed by atoms with E-state index < -0.39 is 6.03 Å². The van der Waals surface area contributed by atoms with Gasteiger partial charge < -0.3 is 9.88 Å². The lowest BCUT2D eigenvalue weighted by molar-refractivity contribution is 0.252. The molecular formula is C23H25ClN4O. The van der Waals surface area contributed by atoms with E-state index in [1.807, 2.05) is 0 Å². The van der Waals surface area contributed by atoms with E-state index in [-0.39, 0.29) is 0 Å². The summed E-state index contributed by atoms with van der Waals surface area (Å²) in [6, 6.07) is 14.9. The molecule has 0 fully saturated rings. The number of carbonyl (C=O) groups is 1. The van der Waals surface area contributed by atoms with E-state index in [0.29, 0.717) is 10.7 Å². The highest BCUT2D eigenvalue weighted by Crippen LogP contribution is 2.26. The molecule has 29 heavy (non-hydrogen) atoms. The number of hydrazone groups is 1. The molecule has 0 saturated carbocycles. The Morgan fingerprint density at radius 2 is 1.86 bits per heavy atom. The lowest BCUT2D eigenvalue weighted by Gasteiger charge is -2.17. The second-order valence-electron chi connectivity index (χ2n) is 6.93. The van der Waals surface area contributed by atoms with Crippen molar-refractivity contribution in [2.24, 2.45) is 5.10 Å². The number of amides is 2. The van der Waals surface area contributed by atoms with E-state index in [1.54, 1.807) is 30.5 Å². The summed E-state index contributed by atoms with van der Waals surface area (Å²) in [4.78, 5) is 12.0. The highest BCUT2D eigenvalue weighted by Gasteiger charge is 2.14. The number of rotatable bonds is 5. The molecule has 2 aromatic carbocycles. The Kier molecular flexibility index (Phi) is 6.39. The summed E-state index contributed by atoms with van der Waals surface area (Å²) in [6.07, 6.45) is 2.63. The predicted molar refractivity (Wildman–Crippen MR) is 121 cm³/mol. The average molecular weight is 409 g/mol. The largest absolute Gasteiger partial charge is 0.339 e. The zero-order valence-electron chi connectivity index (χ0n) is 17.1. The summed E-state index contributed by atoms with van der Waals surface area (Å²) >= 11 is 5.85. The van der Waals surface area contributed by atoms with Crippen LogP contribution in [0.1, 0.15) is 35.0 Å². The number of aryl methyl sites for hydroxylation is 3. The van der Waals surface area contributed by atoms with Crippen LogP contribution in [0.25, 0.3) is 5.69 Å². The SMILES string of the molecule is CCc1cccc(C)c1-n1c(C)cc(/C=N/NC(=O)Nc2ccc(Cl)cc2)c1C. The first-order chi connectivity index (χ1) is 13.9. The third kappa shape index (κ3) is 4.69. The molecule has 0 aliphatic heterocycles. The molecule has 0 spiro atoms. The van der Waals surface area contributed by atoms with Gasteiger partial charge in [0.25, 0.3) is 0 Å². The molecule has 1 heterocycles. The van der Waals surface area contributed by atoms with Gasteiger partial charge in [0.15, 0.2) is 0 Å². The van der Waals surface area contributed by atoms with Crippen molar-refractivity contribution in [1.82, 2.24) is 9.99 Å². The highest BCUT2D eigenvalue weighted by molar-refractivity contribution is 6.30. The third-order valence-corrected chi connectivity index (χ3v) is 5.12. The minimum Gasteiger partial charge on any atom is -0.317 e. The van der Waals surface area contributed by atoms with Crippen molar-refractivity contribution < 1.29 is 4.79 Å². The Morgan fingerprint density at radius 1 is 1.14 bits per heavy atom. The first-order valence-electron chi connectivity index (χ1n) is 9.54. The van der Waals surface area contributed by atoms with E-state index in [2.05, 4.69) is 72.4 Å². The molecule has 1 aromatic heterocycles. The van der Waals surface area contributed by atoms with Crippen LogP contribution in [0.15, 0.2) is 53.6 Å². The number of aromatic nitrogens is 1. The number of anilines is 1. The monoisotopic (exact) mass is 408 g/mol. The van der Waals surface area contributed by atoms with Crippen molar-refractivity contribution >= 4 is 29.5 Å². The molecule has 0 aliphatic rings. The summed E-state index contributed by atoms with van der Waals surface area (Å²) in [5, 5.41) is 7.43. The normalized spacial score (nSPS) is 11.1. The predicted octanol–water partition coefficient (Wildman–Crippen LogP) is 5.77. The van der Waals surface area contributed by atoms with Crippen molar-refractivity contribution in [3.8, 4) is 5.69 Å². The van der Waals surface area contributed by atoms with Gasteiger partial charge in [-0.3, -0.25) is 0 Å². The van der Waals surface area contributed by atoms with E-state index in [9.17, 15) is 4.79 Å². The number of nitrogens with zero attached hydrogens (tertiary/aromatic N) is 2. The molecule has 0 unspecified atom stereocenters. The van der Waals surface area contributed by atoms with Crippen LogP contribution < -0.4 is 10.7 Å². The number of urea groups is 1. The summed E-state index contributed by atoms with van der Waals surface area (Å²) in [7, 11) is 0. The van der Waals surface area contributed by atoms with Gasteiger partial charge in [-0.25, -0.2) is 10.2 Å². The summed E-state index contributed by atoms with van der Waals surface area (Å²) in [5.74, 6) is 0. The minimum absolute atomic E-state index is 0.412. The fraction of sp³-hybridized carbons (Fsp3) is 0.217. The van der Waals surface area contributed by atoms with Gasteiger partial charge in [-0.05, 0) is 68.7 Å². The fourth-order valence-corrected chi connectivity index (χ4v) is 3.57. The van der Waals surface area contributed by atoms with E-state index in [0.717, 1.165) is 23.4 Å². The third-order valence-electron chi connectivity index (χ3n) is 4.87. The number of benzene rings is 2. The van der Waals surface area contributed by atoms with Gasteiger partial charge in [-0.1, -0.05) is 36.7 Å². The fourth-order valence-electron chi connectivity index (χ4n) is 3.44. The molecule has 0 bridgehead atoms.